The van der Waals surface area contributed by atoms with Gasteiger partial charge in [-0.2, -0.15) is 0 Å². The van der Waals surface area contributed by atoms with E-state index in [0.29, 0.717) is 25.1 Å². The van der Waals surface area contributed by atoms with Gasteiger partial charge < -0.3 is 15.1 Å². The van der Waals surface area contributed by atoms with Crippen LogP contribution in [0.15, 0.2) is 18.2 Å². The summed E-state index contributed by atoms with van der Waals surface area (Å²) in [6.45, 7) is 9.58. The van der Waals surface area contributed by atoms with Gasteiger partial charge in [-0.05, 0) is 51.3 Å². The molecule has 0 atom stereocenters. The fourth-order valence-corrected chi connectivity index (χ4v) is 4.17. The van der Waals surface area contributed by atoms with Crippen molar-refractivity contribution in [3.8, 4) is 0 Å². The van der Waals surface area contributed by atoms with Crippen LogP contribution in [0.1, 0.15) is 95.3 Å². The van der Waals surface area contributed by atoms with Crippen LogP contribution in [0.2, 0.25) is 0 Å². The van der Waals surface area contributed by atoms with Crippen LogP contribution in [0.4, 0.5) is 11.4 Å². The highest BCUT2D eigenvalue weighted by molar-refractivity contribution is 6.02. The lowest BCUT2D eigenvalue weighted by Gasteiger charge is -2.25. The van der Waals surface area contributed by atoms with Crippen LogP contribution >= 0.6 is 0 Å². The fourth-order valence-electron chi connectivity index (χ4n) is 4.17. The van der Waals surface area contributed by atoms with Crippen molar-refractivity contribution in [2.45, 2.75) is 85.0 Å². The third kappa shape index (κ3) is 7.33. The van der Waals surface area contributed by atoms with Gasteiger partial charge in [0.1, 0.15) is 0 Å². The number of hydrogen-bond donors (Lipinski definition) is 1. The molecule has 1 aromatic rings. The normalized spacial score (nSPS) is 13.5. The van der Waals surface area contributed by atoms with E-state index in [9.17, 15) is 9.59 Å². The first kappa shape index (κ1) is 24.2. The smallest absolute Gasteiger partial charge is 0.256 e. The second kappa shape index (κ2) is 13.3. The number of rotatable bonds is 13. The zero-order valence-corrected chi connectivity index (χ0v) is 19.3. The predicted molar refractivity (Wildman–Crippen MR) is 126 cm³/mol. The lowest BCUT2D eigenvalue weighted by molar-refractivity contribution is -0.116. The molecule has 1 aliphatic heterocycles. The number of benzene rings is 1. The van der Waals surface area contributed by atoms with Gasteiger partial charge in [-0.15, -0.1) is 0 Å². The van der Waals surface area contributed by atoms with Crippen LogP contribution in [0.3, 0.4) is 0 Å². The predicted octanol–water partition coefficient (Wildman–Crippen LogP) is 5.85. The van der Waals surface area contributed by atoms with Crippen LogP contribution in [0.5, 0.6) is 0 Å². The molecule has 0 saturated carbocycles. The zero-order valence-electron chi connectivity index (χ0n) is 19.3. The van der Waals surface area contributed by atoms with Crippen molar-refractivity contribution >= 4 is 23.2 Å². The first-order chi connectivity index (χ1) is 14.6. The molecular weight excluding hydrogens is 374 g/mol. The van der Waals surface area contributed by atoms with E-state index in [1.807, 2.05) is 36.9 Å². The summed E-state index contributed by atoms with van der Waals surface area (Å²) in [5.74, 6) is 0.0868. The van der Waals surface area contributed by atoms with Gasteiger partial charge in [0.05, 0.1) is 5.56 Å². The molecule has 1 N–H and O–H groups in total. The number of anilines is 2. The number of nitrogens with zero attached hydrogens (tertiary/aromatic N) is 2. The van der Waals surface area contributed by atoms with Crippen LogP contribution < -0.4 is 10.2 Å². The molecule has 0 spiro atoms. The second-order valence-corrected chi connectivity index (χ2v) is 8.32. The molecule has 0 bridgehead atoms. The van der Waals surface area contributed by atoms with E-state index < -0.39 is 0 Å². The summed E-state index contributed by atoms with van der Waals surface area (Å²) in [5.41, 5.74) is 2.42. The maximum absolute atomic E-state index is 13.1. The lowest BCUT2D eigenvalue weighted by Crippen LogP contribution is -2.32. The quantitative estimate of drug-likeness (QED) is 0.411. The highest BCUT2D eigenvalue weighted by atomic mass is 16.2. The monoisotopic (exact) mass is 415 g/mol. The molecule has 30 heavy (non-hydrogen) atoms. The SMILES string of the molecule is CCCCCCCCCC(=O)Nc1ccc(N2CCCC2)c(C(=O)N(CC)CC)c1. The average molecular weight is 416 g/mol. The molecular formula is C25H41N3O2. The number of hydrogen-bond acceptors (Lipinski definition) is 3. The Hall–Kier alpha value is -2.04. The number of nitrogens with one attached hydrogen (secondary N) is 1. The third-order valence-corrected chi connectivity index (χ3v) is 6.02. The Morgan fingerprint density at radius 3 is 2.20 bits per heavy atom. The van der Waals surface area contributed by atoms with Crippen molar-refractivity contribution in [2.24, 2.45) is 0 Å². The molecule has 5 nitrogen and oxygen atoms in total. The van der Waals surface area contributed by atoms with Gasteiger partial charge in [0.2, 0.25) is 5.91 Å². The van der Waals surface area contributed by atoms with E-state index >= 15 is 0 Å². The summed E-state index contributed by atoms with van der Waals surface area (Å²) < 4.78 is 0. The largest absolute Gasteiger partial charge is 0.371 e. The first-order valence-corrected chi connectivity index (χ1v) is 12.1. The Morgan fingerprint density at radius 2 is 1.57 bits per heavy atom. The Labute approximate surface area is 183 Å². The van der Waals surface area contributed by atoms with Crippen molar-refractivity contribution in [1.82, 2.24) is 4.90 Å². The summed E-state index contributed by atoms with van der Waals surface area (Å²) >= 11 is 0. The zero-order chi connectivity index (χ0) is 21.8. The van der Waals surface area contributed by atoms with Gasteiger partial charge in [0, 0.05) is 44.0 Å². The van der Waals surface area contributed by atoms with Crippen LogP contribution in [-0.4, -0.2) is 42.9 Å². The molecule has 2 amide bonds. The molecule has 0 unspecified atom stereocenters. The average Bonchev–Trinajstić information content (AvgIpc) is 3.28. The van der Waals surface area contributed by atoms with E-state index in [1.165, 1.54) is 32.1 Å². The van der Waals surface area contributed by atoms with E-state index in [1.54, 1.807) is 0 Å². The van der Waals surface area contributed by atoms with Crippen molar-refractivity contribution < 1.29 is 9.59 Å². The van der Waals surface area contributed by atoms with Gasteiger partial charge in [-0.3, -0.25) is 9.59 Å². The maximum Gasteiger partial charge on any atom is 0.256 e. The number of unbranched alkanes of at least 4 members (excludes halogenated alkanes) is 6. The molecule has 1 saturated heterocycles. The standard InChI is InChI=1S/C25H41N3O2/c1-4-7-8-9-10-11-12-15-24(29)26-21-16-17-23(28-18-13-14-19-28)22(20-21)25(30)27(5-2)6-3/h16-17,20H,4-15,18-19H2,1-3H3,(H,26,29). The van der Waals surface area contributed by atoms with Crippen LogP contribution in [0, 0.1) is 0 Å². The van der Waals surface area contributed by atoms with Gasteiger partial charge in [0.15, 0.2) is 0 Å². The molecule has 1 aliphatic rings. The number of carbonyl (C=O) groups is 2. The van der Waals surface area contributed by atoms with Gasteiger partial charge in [0.25, 0.3) is 5.91 Å². The maximum atomic E-state index is 13.1. The molecule has 2 rings (SSSR count). The van der Waals surface area contributed by atoms with Crippen LogP contribution in [-0.2, 0) is 4.79 Å². The van der Waals surface area contributed by atoms with Gasteiger partial charge >= 0.3 is 0 Å². The van der Waals surface area contributed by atoms with Crippen molar-refractivity contribution in [3.05, 3.63) is 23.8 Å². The van der Waals surface area contributed by atoms with E-state index in [2.05, 4.69) is 17.1 Å². The van der Waals surface area contributed by atoms with Crippen molar-refractivity contribution in [1.29, 1.82) is 0 Å². The summed E-state index contributed by atoms with van der Waals surface area (Å²) in [5, 5.41) is 3.01. The number of amides is 2. The number of carbonyl (C=O) groups excluding carboxylic acids is 2. The van der Waals surface area contributed by atoms with E-state index in [-0.39, 0.29) is 11.8 Å². The summed E-state index contributed by atoms with van der Waals surface area (Å²) in [7, 11) is 0. The van der Waals surface area contributed by atoms with Gasteiger partial charge in [-0.25, -0.2) is 0 Å². The highest BCUT2D eigenvalue weighted by Gasteiger charge is 2.23. The molecule has 5 heteroatoms. The molecule has 0 aromatic heterocycles. The first-order valence-electron chi connectivity index (χ1n) is 12.1. The topological polar surface area (TPSA) is 52.7 Å². The molecule has 0 aliphatic carbocycles. The molecule has 0 radical (unpaired) electrons. The Morgan fingerprint density at radius 1 is 0.933 bits per heavy atom. The molecule has 1 heterocycles. The van der Waals surface area contributed by atoms with Crippen molar-refractivity contribution in [2.75, 3.05) is 36.4 Å². The van der Waals surface area contributed by atoms with Gasteiger partial charge in [-0.1, -0.05) is 45.4 Å². The highest BCUT2D eigenvalue weighted by Crippen LogP contribution is 2.29. The minimum Gasteiger partial charge on any atom is -0.371 e. The fraction of sp³-hybridized carbons (Fsp3) is 0.680. The minimum atomic E-state index is 0.0405. The Bertz CT molecular complexity index is 664. The second-order valence-electron chi connectivity index (χ2n) is 8.32. The summed E-state index contributed by atoms with van der Waals surface area (Å²) in [6, 6.07) is 5.82. The molecule has 1 fully saturated rings. The Balaban J connectivity index is 1.98. The third-order valence-electron chi connectivity index (χ3n) is 6.02. The lowest BCUT2D eigenvalue weighted by atomic mass is 10.1. The summed E-state index contributed by atoms with van der Waals surface area (Å²) in [4.78, 5) is 29.7. The summed E-state index contributed by atoms with van der Waals surface area (Å²) in [6.07, 6.45) is 11.2. The van der Waals surface area contributed by atoms with E-state index in [4.69, 9.17) is 0 Å². The minimum absolute atomic E-state index is 0.0405. The van der Waals surface area contributed by atoms with Crippen molar-refractivity contribution in [3.63, 3.8) is 0 Å². The van der Waals surface area contributed by atoms with E-state index in [0.717, 1.165) is 50.1 Å². The molecule has 1 aromatic carbocycles. The van der Waals surface area contributed by atoms with Crippen LogP contribution in [0.25, 0.3) is 0 Å². The Kier molecular flexibility index (Phi) is 10.7. The molecule has 168 valence electrons.